The van der Waals surface area contributed by atoms with Gasteiger partial charge < -0.3 is 5.73 Å². The predicted molar refractivity (Wildman–Crippen MR) is 66.1 cm³/mol. The molecule has 2 nitrogen and oxygen atoms in total. The van der Waals surface area contributed by atoms with Gasteiger partial charge in [-0.05, 0) is 24.8 Å². The van der Waals surface area contributed by atoms with Crippen molar-refractivity contribution in [3.05, 3.63) is 34.0 Å². The molecule has 0 saturated heterocycles. The number of thiophene rings is 1. The second kappa shape index (κ2) is 4.92. The van der Waals surface area contributed by atoms with Crippen molar-refractivity contribution in [2.45, 2.75) is 19.4 Å². The molecule has 0 amide bonds. The van der Waals surface area contributed by atoms with E-state index in [1.54, 1.807) is 0 Å². The highest BCUT2D eigenvalue weighted by molar-refractivity contribution is 7.10. The molecule has 1 aliphatic heterocycles. The molecule has 2 rings (SSSR count). The highest BCUT2D eigenvalue weighted by Gasteiger charge is 2.20. The van der Waals surface area contributed by atoms with Gasteiger partial charge in [0.05, 0.1) is 6.04 Å². The molecule has 0 spiro atoms. The van der Waals surface area contributed by atoms with Crippen molar-refractivity contribution >= 4 is 11.3 Å². The number of nitrogens with two attached hydrogens (primary N) is 1. The van der Waals surface area contributed by atoms with Gasteiger partial charge in [0.25, 0.3) is 0 Å². The van der Waals surface area contributed by atoms with Gasteiger partial charge in [0, 0.05) is 24.5 Å². The lowest BCUT2D eigenvalue weighted by atomic mass is 10.1. The van der Waals surface area contributed by atoms with E-state index in [2.05, 4.69) is 35.4 Å². The van der Waals surface area contributed by atoms with E-state index in [1.165, 1.54) is 16.9 Å². The Morgan fingerprint density at radius 2 is 2.47 bits per heavy atom. The summed E-state index contributed by atoms with van der Waals surface area (Å²) in [6, 6.07) is 4.70. The van der Waals surface area contributed by atoms with Gasteiger partial charge >= 0.3 is 0 Å². The summed E-state index contributed by atoms with van der Waals surface area (Å²) in [6.07, 6.45) is 3.50. The van der Waals surface area contributed by atoms with Crippen molar-refractivity contribution < 1.29 is 0 Å². The highest BCUT2D eigenvalue weighted by Crippen LogP contribution is 2.26. The summed E-state index contributed by atoms with van der Waals surface area (Å²) in [5, 5.41) is 2.13. The SMILES string of the molecule is CC1=CCN(C(CN)c2cccs2)CC1. The standard InChI is InChI=1S/C12H18N2S/c1-10-4-6-14(7-5-10)11(9-13)12-3-2-8-15-12/h2-4,8,11H,5-7,9,13H2,1H3. The summed E-state index contributed by atoms with van der Waals surface area (Å²) in [5.74, 6) is 0. The summed E-state index contributed by atoms with van der Waals surface area (Å²) in [4.78, 5) is 3.87. The van der Waals surface area contributed by atoms with Crippen LogP contribution >= 0.6 is 11.3 Å². The zero-order chi connectivity index (χ0) is 10.7. The van der Waals surface area contributed by atoms with Crippen molar-refractivity contribution in [1.29, 1.82) is 0 Å². The molecule has 0 saturated carbocycles. The first-order valence-corrected chi connectivity index (χ1v) is 6.32. The molecule has 2 N–H and O–H groups in total. The van der Waals surface area contributed by atoms with Crippen LogP contribution in [0.25, 0.3) is 0 Å². The van der Waals surface area contributed by atoms with Crippen LogP contribution in [0.3, 0.4) is 0 Å². The van der Waals surface area contributed by atoms with Crippen molar-refractivity contribution in [3.63, 3.8) is 0 Å². The molecule has 1 atom stereocenters. The fraction of sp³-hybridized carbons (Fsp3) is 0.500. The van der Waals surface area contributed by atoms with E-state index in [0.717, 1.165) is 13.1 Å². The van der Waals surface area contributed by atoms with Crippen LogP contribution in [0.1, 0.15) is 24.3 Å². The largest absolute Gasteiger partial charge is 0.329 e. The van der Waals surface area contributed by atoms with Crippen molar-refractivity contribution in [3.8, 4) is 0 Å². The third-order valence-electron chi connectivity index (χ3n) is 3.00. The molecule has 1 aromatic heterocycles. The Bertz CT molecular complexity index is 329. The second-order valence-corrected chi connectivity index (χ2v) is 5.04. The average Bonchev–Trinajstić information content (AvgIpc) is 2.75. The highest BCUT2D eigenvalue weighted by atomic mass is 32.1. The summed E-state index contributed by atoms with van der Waals surface area (Å²) >= 11 is 1.81. The molecule has 82 valence electrons. The Balaban J connectivity index is 2.08. The van der Waals surface area contributed by atoms with Crippen LogP contribution in [-0.4, -0.2) is 24.5 Å². The number of rotatable bonds is 3. The molecule has 0 aromatic carbocycles. The predicted octanol–water partition coefficient (Wildman–Crippen LogP) is 2.40. The third kappa shape index (κ3) is 2.48. The van der Waals surface area contributed by atoms with Gasteiger partial charge in [-0.3, -0.25) is 4.90 Å². The molecular weight excluding hydrogens is 204 g/mol. The van der Waals surface area contributed by atoms with Crippen LogP contribution in [0.4, 0.5) is 0 Å². The van der Waals surface area contributed by atoms with Gasteiger partial charge in [0.2, 0.25) is 0 Å². The quantitative estimate of drug-likeness (QED) is 0.796. The molecule has 15 heavy (non-hydrogen) atoms. The van der Waals surface area contributed by atoms with Crippen molar-refractivity contribution in [2.24, 2.45) is 5.73 Å². The number of nitrogens with zero attached hydrogens (tertiary/aromatic N) is 1. The van der Waals surface area contributed by atoms with Gasteiger partial charge in [-0.2, -0.15) is 0 Å². The summed E-state index contributed by atoms with van der Waals surface area (Å²) in [5.41, 5.74) is 7.38. The van der Waals surface area contributed by atoms with Crippen LogP contribution in [0.5, 0.6) is 0 Å². The van der Waals surface area contributed by atoms with E-state index in [-0.39, 0.29) is 0 Å². The monoisotopic (exact) mass is 222 g/mol. The molecule has 3 heteroatoms. The van der Waals surface area contributed by atoms with Crippen LogP contribution < -0.4 is 5.73 Å². The fourth-order valence-electron chi connectivity index (χ4n) is 2.00. The number of hydrogen-bond acceptors (Lipinski definition) is 3. The topological polar surface area (TPSA) is 29.3 Å². The maximum Gasteiger partial charge on any atom is 0.0567 e. The maximum atomic E-state index is 5.87. The minimum atomic E-state index is 0.411. The van der Waals surface area contributed by atoms with E-state index < -0.39 is 0 Å². The summed E-state index contributed by atoms with van der Waals surface area (Å²) < 4.78 is 0. The van der Waals surface area contributed by atoms with Gasteiger partial charge in [-0.25, -0.2) is 0 Å². The van der Waals surface area contributed by atoms with Crippen LogP contribution in [0.2, 0.25) is 0 Å². The maximum absolute atomic E-state index is 5.87. The Morgan fingerprint density at radius 1 is 1.60 bits per heavy atom. The van der Waals surface area contributed by atoms with E-state index in [4.69, 9.17) is 5.73 Å². The van der Waals surface area contributed by atoms with Crippen LogP contribution in [0, 0.1) is 0 Å². The summed E-state index contributed by atoms with van der Waals surface area (Å²) in [7, 11) is 0. The van der Waals surface area contributed by atoms with Gasteiger partial charge in [-0.1, -0.05) is 17.7 Å². The van der Waals surface area contributed by atoms with Crippen molar-refractivity contribution in [2.75, 3.05) is 19.6 Å². The van der Waals surface area contributed by atoms with Crippen molar-refractivity contribution in [1.82, 2.24) is 4.90 Å². The molecule has 0 radical (unpaired) electrons. The lowest BCUT2D eigenvalue weighted by Crippen LogP contribution is -2.36. The second-order valence-electron chi connectivity index (χ2n) is 4.06. The lowest BCUT2D eigenvalue weighted by molar-refractivity contribution is 0.220. The molecule has 0 bridgehead atoms. The Hall–Kier alpha value is -0.640. The van der Waals surface area contributed by atoms with Crippen LogP contribution in [0.15, 0.2) is 29.2 Å². The molecule has 1 aromatic rings. The minimum Gasteiger partial charge on any atom is -0.329 e. The molecular formula is C12H18N2S. The van der Waals surface area contributed by atoms with E-state index >= 15 is 0 Å². The molecule has 1 unspecified atom stereocenters. The first-order chi connectivity index (χ1) is 7.31. The van der Waals surface area contributed by atoms with Gasteiger partial charge in [0.1, 0.15) is 0 Å². The molecule has 0 aliphatic carbocycles. The molecule has 2 heterocycles. The Labute approximate surface area is 95.4 Å². The van der Waals surface area contributed by atoms with Crippen LogP contribution in [-0.2, 0) is 0 Å². The molecule has 1 aliphatic rings. The smallest absolute Gasteiger partial charge is 0.0567 e. The fourth-order valence-corrected chi connectivity index (χ4v) is 2.87. The average molecular weight is 222 g/mol. The lowest BCUT2D eigenvalue weighted by Gasteiger charge is -2.32. The zero-order valence-corrected chi connectivity index (χ0v) is 9.96. The number of hydrogen-bond donors (Lipinski definition) is 1. The first-order valence-electron chi connectivity index (χ1n) is 5.44. The molecule has 0 fully saturated rings. The first kappa shape index (κ1) is 10.9. The third-order valence-corrected chi connectivity index (χ3v) is 3.98. The summed E-state index contributed by atoms with van der Waals surface area (Å²) in [6.45, 7) is 5.11. The van der Waals surface area contributed by atoms with E-state index in [0.29, 0.717) is 12.6 Å². The van der Waals surface area contributed by atoms with E-state index in [9.17, 15) is 0 Å². The minimum absolute atomic E-state index is 0.411. The normalized spacial score (nSPS) is 20.0. The Kier molecular flexibility index (Phi) is 3.57. The van der Waals surface area contributed by atoms with Gasteiger partial charge in [-0.15, -0.1) is 11.3 Å². The zero-order valence-electron chi connectivity index (χ0n) is 9.15. The van der Waals surface area contributed by atoms with Gasteiger partial charge in [0.15, 0.2) is 0 Å². The Morgan fingerprint density at radius 3 is 3.00 bits per heavy atom. The van der Waals surface area contributed by atoms with E-state index in [1.807, 2.05) is 11.3 Å².